The number of hydrogen-bond donors (Lipinski definition) is 1. The minimum Gasteiger partial charge on any atom is -0.445 e. The Morgan fingerprint density at radius 1 is 1.18 bits per heavy atom. The zero-order valence-corrected chi connectivity index (χ0v) is 17.3. The highest BCUT2D eigenvalue weighted by atomic mass is 19.4. The third kappa shape index (κ3) is 5.74. The molecule has 4 rings (SSSR count). The summed E-state index contributed by atoms with van der Waals surface area (Å²) in [6.07, 6.45) is -4.20. The SMILES string of the molecule is O=C(Nc1ccc(-c2ccc(OC(F)(F)F)cc2)cc1)OCC1CCn2cc([N+](=O)[O-])nc2O1. The van der Waals surface area contributed by atoms with E-state index >= 15 is 0 Å². The molecular weight excluding hydrogens is 461 g/mol. The smallest absolute Gasteiger partial charge is 0.445 e. The number of imidazole rings is 1. The third-order valence-electron chi connectivity index (χ3n) is 4.83. The molecule has 0 bridgehead atoms. The number of aryl methyl sites for hydroxylation is 1. The second-order valence-corrected chi connectivity index (χ2v) is 7.23. The molecule has 0 fully saturated rings. The van der Waals surface area contributed by atoms with Crippen LogP contribution in [0.2, 0.25) is 0 Å². The first-order valence-electron chi connectivity index (χ1n) is 9.94. The molecule has 2 aromatic carbocycles. The van der Waals surface area contributed by atoms with Crippen LogP contribution in [0.1, 0.15) is 6.42 Å². The lowest BCUT2D eigenvalue weighted by molar-refractivity contribution is -0.389. The summed E-state index contributed by atoms with van der Waals surface area (Å²) >= 11 is 0. The molecule has 178 valence electrons. The second kappa shape index (κ2) is 9.29. The quantitative estimate of drug-likeness (QED) is 0.401. The van der Waals surface area contributed by atoms with E-state index in [1.165, 1.54) is 35.0 Å². The van der Waals surface area contributed by atoms with Gasteiger partial charge in [-0.3, -0.25) is 9.88 Å². The number of ether oxygens (including phenoxy) is 3. The Labute approximate surface area is 190 Å². The van der Waals surface area contributed by atoms with Gasteiger partial charge in [-0.25, -0.2) is 4.79 Å². The standard InChI is InChI=1S/C21H17F3N4O6/c22-21(23,24)34-16-7-3-14(4-8-16)13-1-5-15(6-2-13)25-20(29)32-12-17-9-10-27-11-18(28(30)31)26-19(27)33-17/h1-8,11,17H,9-10,12H2,(H,25,29). The Morgan fingerprint density at radius 2 is 1.82 bits per heavy atom. The van der Waals surface area contributed by atoms with E-state index in [0.717, 1.165) is 5.56 Å². The molecule has 1 unspecified atom stereocenters. The van der Waals surface area contributed by atoms with Gasteiger partial charge in [0.1, 0.15) is 24.7 Å². The van der Waals surface area contributed by atoms with Gasteiger partial charge in [0.2, 0.25) is 0 Å². The molecular formula is C21H17F3N4O6. The van der Waals surface area contributed by atoms with Gasteiger partial charge in [-0.1, -0.05) is 24.3 Å². The Kier molecular flexibility index (Phi) is 6.25. The summed E-state index contributed by atoms with van der Waals surface area (Å²) in [6, 6.07) is 12.1. The predicted octanol–water partition coefficient (Wildman–Crippen LogP) is 4.76. The Balaban J connectivity index is 1.27. The number of rotatable bonds is 6. The second-order valence-electron chi connectivity index (χ2n) is 7.23. The molecule has 0 aliphatic carbocycles. The summed E-state index contributed by atoms with van der Waals surface area (Å²) < 4.78 is 52.9. The molecule has 10 nitrogen and oxygen atoms in total. The number of benzene rings is 2. The lowest BCUT2D eigenvalue weighted by Crippen LogP contribution is -2.32. The number of anilines is 1. The Bertz CT molecular complexity index is 1180. The molecule has 0 radical (unpaired) electrons. The van der Waals surface area contributed by atoms with Gasteiger partial charge < -0.3 is 24.3 Å². The molecule has 3 aromatic rings. The van der Waals surface area contributed by atoms with Crippen molar-refractivity contribution in [3.8, 4) is 22.9 Å². The lowest BCUT2D eigenvalue weighted by Gasteiger charge is -2.21. The lowest BCUT2D eigenvalue weighted by atomic mass is 10.1. The number of fused-ring (bicyclic) bond motifs is 1. The maximum Gasteiger partial charge on any atom is 0.573 e. The number of halogens is 3. The molecule has 13 heteroatoms. The number of amides is 1. The maximum atomic E-state index is 12.3. The highest BCUT2D eigenvalue weighted by Crippen LogP contribution is 2.27. The number of nitrogens with zero attached hydrogens (tertiary/aromatic N) is 3. The fourth-order valence-electron chi connectivity index (χ4n) is 3.25. The fraction of sp³-hybridized carbons (Fsp3) is 0.238. The monoisotopic (exact) mass is 478 g/mol. The summed E-state index contributed by atoms with van der Waals surface area (Å²) in [6.45, 7) is 0.369. The average Bonchev–Trinajstić information content (AvgIpc) is 3.22. The molecule has 1 N–H and O–H groups in total. The van der Waals surface area contributed by atoms with Gasteiger partial charge in [0.15, 0.2) is 0 Å². The van der Waals surface area contributed by atoms with Crippen molar-refractivity contribution in [2.45, 2.75) is 25.4 Å². The number of alkyl halides is 3. The molecule has 1 atom stereocenters. The van der Waals surface area contributed by atoms with Crippen molar-refractivity contribution in [3.05, 3.63) is 64.8 Å². The van der Waals surface area contributed by atoms with Crippen LogP contribution in [0.25, 0.3) is 11.1 Å². The van der Waals surface area contributed by atoms with Gasteiger partial charge in [0.25, 0.3) is 0 Å². The van der Waals surface area contributed by atoms with E-state index in [1.807, 2.05) is 0 Å². The van der Waals surface area contributed by atoms with Crippen LogP contribution in [0.4, 0.5) is 29.5 Å². The summed E-state index contributed by atoms with van der Waals surface area (Å²) in [5, 5.41) is 13.4. The van der Waals surface area contributed by atoms with Crippen LogP contribution in [-0.4, -0.2) is 39.6 Å². The number of carbonyl (C=O) groups is 1. The normalized spacial score (nSPS) is 15.1. The van der Waals surface area contributed by atoms with Gasteiger partial charge in [-0.05, 0) is 40.3 Å². The highest BCUT2D eigenvalue weighted by molar-refractivity contribution is 5.85. The van der Waals surface area contributed by atoms with Crippen LogP contribution >= 0.6 is 0 Å². The number of nitro groups is 1. The van der Waals surface area contributed by atoms with E-state index in [2.05, 4.69) is 15.0 Å². The van der Waals surface area contributed by atoms with Gasteiger partial charge in [0.05, 0.1) is 0 Å². The first kappa shape index (κ1) is 22.9. The van der Waals surface area contributed by atoms with Gasteiger partial charge in [-0.15, -0.1) is 13.2 Å². The molecule has 34 heavy (non-hydrogen) atoms. The third-order valence-corrected chi connectivity index (χ3v) is 4.83. The predicted molar refractivity (Wildman–Crippen MR) is 111 cm³/mol. The van der Waals surface area contributed by atoms with Crippen LogP contribution < -0.4 is 14.8 Å². The molecule has 1 amide bonds. The summed E-state index contributed by atoms with van der Waals surface area (Å²) in [4.78, 5) is 26.1. The minimum atomic E-state index is -4.75. The van der Waals surface area contributed by atoms with Crippen LogP contribution in [0.15, 0.2) is 54.7 Å². The van der Waals surface area contributed by atoms with Crippen LogP contribution in [0, 0.1) is 10.1 Å². The van der Waals surface area contributed by atoms with Crippen molar-refractivity contribution in [2.75, 3.05) is 11.9 Å². The van der Waals surface area contributed by atoms with Gasteiger partial charge in [0, 0.05) is 23.6 Å². The average molecular weight is 478 g/mol. The fourth-order valence-corrected chi connectivity index (χ4v) is 3.25. The first-order valence-corrected chi connectivity index (χ1v) is 9.94. The van der Waals surface area contributed by atoms with Crippen LogP contribution in [-0.2, 0) is 11.3 Å². The number of aromatic nitrogens is 2. The van der Waals surface area contributed by atoms with Crippen molar-refractivity contribution in [3.63, 3.8) is 0 Å². The highest BCUT2D eigenvalue weighted by Gasteiger charge is 2.31. The summed E-state index contributed by atoms with van der Waals surface area (Å²) in [7, 11) is 0. The first-order chi connectivity index (χ1) is 16.2. The van der Waals surface area contributed by atoms with E-state index in [0.29, 0.717) is 24.2 Å². The Hall–Kier alpha value is -4.29. The molecule has 0 spiro atoms. The van der Waals surface area contributed by atoms with Crippen molar-refractivity contribution in [1.82, 2.24) is 9.55 Å². The zero-order valence-electron chi connectivity index (χ0n) is 17.3. The van der Waals surface area contributed by atoms with Crippen molar-refractivity contribution in [2.24, 2.45) is 0 Å². The molecule has 2 heterocycles. The molecule has 0 saturated carbocycles. The van der Waals surface area contributed by atoms with Crippen LogP contribution in [0.5, 0.6) is 11.8 Å². The van der Waals surface area contributed by atoms with E-state index in [4.69, 9.17) is 9.47 Å². The van der Waals surface area contributed by atoms with Crippen molar-refractivity contribution in [1.29, 1.82) is 0 Å². The maximum absolute atomic E-state index is 12.3. The topological polar surface area (TPSA) is 118 Å². The number of nitrogens with one attached hydrogen (secondary N) is 1. The molecule has 0 saturated heterocycles. The van der Waals surface area contributed by atoms with E-state index in [-0.39, 0.29) is 24.2 Å². The number of hydrogen-bond acceptors (Lipinski definition) is 7. The van der Waals surface area contributed by atoms with E-state index in [9.17, 15) is 28.1 Å². The molecule has 1 aromatic heterocycles. The van der Waals surface area contributed by atoms with Crippen LogP contribution in [0.3, 0.4) is 0 Å². The number of carbonyl (C=O) groups excluding carboxylic acids is 1. The largest absolute Gasteiger partial charge is 0.573 e. The molecule has 1 aliphatic heterocycles. The van der Waals surface area contributed by atoms with Crippen molar-refractivity contribution >= 4 is 17.6 Å². The van der Waals surface area contributed by atoms with Crippen molar-refractivity contribution < 1.29 is 37.1 Å². The zero-order chi connectivity index (χ0) is 24.3. The minimum absolute atomic E-state index is 0.0725. The van der Waals surface area contributed by atoms with E-state index in [1.54, 1.807) is 24.3 Å². The van der Waals surface area contributed by atoms with Gasteiger partial charge >= 0.3 is 24.3 Å². The molecule has 1 aliphatic rings. The summed E-state index contributed by atoms with van der Waals surface area (Å²) in [5.41, 5.74) is 1.83. The van der Waals surface area contributed by atoms with Gasteiger partial charge in [-0.2, -0.15) is 0 Å². The van der Waals surface area contributed by atoms with E-state index < -0.39 is 23.5 Å². The Morgan fingerprint density at radius 3 is 2.44 bits per heavy atom. The summed E-state index contributed by atoms with van der Waals surface area (Å²) in [5.74, 6) is -0.634.